The molecule has 0 saturated carbocycles. The zero-order chi connectivity index (χ0) is 47.0. The number of aryl methyl sites for hydroxylation is 4. The van der Waals surface area contributed by atoms with Crippen LogP contribution in [-0.2, 0) is 5.41 Å². The van der Waals surface area contributed by atoms with Gasteiger partial charge < -0.3 is 9.80 Å². The maximum absolute atomic E-state index is 4.95. The summed E-state index contributed by atoms with van der Waals surface area (Å²) in [4.78, 5) is 14.7. The molecule has 334 valence electrons. The zero-order valence-electron chi connectivity index (χ0n) is 39.6. The molecule has 4 nitrogen and oxygen atoms in total. The van der Waals surface area contributed by atoms with Crippen molar-refractivity contribution in [2.45, 2.75) is 47.0 Å². The summed E-state index contributed by atoms with van der Waals surface area (Å²) >= 11 is 3.48. The Labute approximate surface area is 412 Å². The summed E-state index contributed by atoms with van der Waals surface area (Å²) < 4.78 is 2.41. The van der Waals surface area contributed by atoms with E-state index >= 15 is 0 Å². The Kier molecular flexibility index (Phi) is 10.4. The maximum Gasteiger partial charge on any atom is 0.124 e. The number of fused-ring (bicyclic) bond motifs is 5. The minimum Gasteiger partial charge on any atom is -0.310 e. The molecule has 1 aliphatic rings. The molecule has 0 N–H and O–H groups in total. The van der Waals surface area contributed by atoms with Crippen LogP contribution in [0.4, 0.5) is 34.1 Å². The molecule has 0 saturated heterocycles. The molecule has 0 unspecified atom stereocenters. The predicted molar refractivity (Wildman–Crippen MR) is 295 cm³/mol. The molecule has 2 aromatic heterocycles. The van der Waals surface area contributed by atoms with Crippen molar-refractivity contribution < 1.29 is 0 Å². The number of hydrogen-bond donors (Lipinski definition) is 0. The Hall–Kier alpha value is -7.64. The maximum atomic E-state index is 4.95. The van der Waals surface area contributed by atoms with Crippen LogP contribution in [0.1, 0.15) is 47.2 Å². The minimum atomic E-state index is -0.223. The van der Waals surface area contributed by atoms with E-state index in [0.717, 1.165) is 66.3 Å². The third-order valence-corrected chi connectivity index (χ3v) is 15.8. The summed E-state index contributed by atoms with van der Waals surface area (Å²) in [5.74, 6) is 0. The van der Waals surface area contributed by atoms with Crippen molar-refractivity contribution in [1.82, 2.24) is 9.97 Å². The SMILES string of the molecule is Cc1cc(C)cc(N(c2ccc(-c3ccc4c(c3)C(C)(C)c3cc(N(c5ccc(-c6nc7ccccc7s6)cc5)c5cc(C)cc(C)c5)ccc3-4)cc2)c2ccc(-c3nc4ccccc4s3)cc2)c1. The molecule has 0 aliphatic heterocycles. The zero-order valence-corrected chi connectivity index (χ0v) is 41.2. The summed E-state index contributed by atoms with van der Waals surface area (Å²) in [6, 6.07) is 71.3. The fourth-order valence-corrected chi connectivity index (χ4v) is 12.3. The van der Waals surface area contributed by atoms with Crippen LogP contribution >= 0.6 is 22.7 Å². The molecule has 12 rings (SSSR count). The van der Waals surface area contributed by atoms with Gasteiger partial charge in [0, 0.05) is 50.7 Å². The lowest BCUT2D eigenvalue weighted by Crippen LogP contribution is -2.17. The molecule has 9 aromatic carbocycles. The predicted octanol–water partition coefficient (Wildman–Crippen LogP) is 18.4. The van der Waals surface area contributed by atoms with E-state index in [1.807, 2.05) is 0 Å². The van der Waals surface area contributed by atoms with Crippen LogP contribution in [0.25, 0.3) is 63.8 Å². The van der Waals surface area contributed by atoms with Gasteiger partial charge in [-0.25, -0.2) is 9.97 Å². The van der Waals surface area contributed by atoms with E-state index in [1.54, 1.807) is 22.7 Å². The number of rotatable bonds is 9. The van der Waals surface area contributed by atoms with Gasteiger partial charge in [-0.15, -0.1) is 22.7 Å². The van der Waals surface area contributed by atoms with Crippen LogP contribution in [0, 0.1) is 27.7 Å². The highest BCUT2D eigenvalue weighted by molar-refractivity contribution is 7.22. The average molecular weight is 927 g/mol. The molecule has 0 amide bonds. The highest BCUT2D eigenvalue weighted by Crippen LogP contribution is 2.52. The molecule has 69 heavy (non-hydrogen) atoms. The van der Waals surface area contributed by atoms with E-state index in [9.17, 15) is 0 Å². The van der Waals surface area contributed by atoms with Gasteiger partial charge in [0.1, 0.15) is 10.0 Å². The lowest BCUT2D eigenvalue weighted by molar-refractivity contribution is 0.660. The van der Waals surface area contributed by atoms with Gasteiger partial charge in [0.05, 0.1) is 20.4 Å². The van der Waals surface area contributed by atoms with Crippen molar-refractivity contribution in [3.8, 4) is 43.4 Å². The lowest BCUT2D eigenvalue weighted by Gasteiger charge is -2.29. The van der Waals surface area contributed by atoms with Crippen molar-refractivity contribution in [2.75, 3.05) is 9.80 Å². The first-order valence-corrected chi connectivity index (χ1v) is 25.2. The van der Waals surface area contributed by atoms with Crippen LogP contribution in [0.5, 0.6) is 0 Å². The Morgan fingerprint density at radius 2 is 0.725 bits per heavy atom. The third kappa shape index (κ3) is 7.80. The molecular formula is C63H50N4S2. The van der Waals surface area contributed by atoms with Gasteiger partial charge in [-0.3, -0.25) is 0 Å². The number of anilines is 6. The fraction of sp³-hybridized carbons (Fsp3) is 0.111. The summed E-state index contributed by atoms with van der Waals surface area (Å²) in [5, 5.41) is 2.07. The number of aromatic nitrogens is 2. The number of thiazole rings is 2. The van der Waals surface area contributed by atoms with E-state index in [4.69, 9.17) is 9.97 Å². The molecule has 0 spiro atoms. The molecule has 11 aromatic rings. The molecule has 0 radical (unpaired) electrons. The van der Waals surface area contributed by atoms with E-state index in [1.165, 1.54) is 65.0 Å². The second-order valence-electron chi connectivity index (χ2n) is 19.1. The molecule has 0 bridgehead atoms. The number of para-hydroxylation sites is 2. The molecule has 2 heterocycles. The largest absolute Gasteiger partial charge is 0.310 e. The Bertz CT molecular complexity index is 3640. The lowest BCUT2D eigenvalue weighted by atomic mass is 9.81. The smallest absolute Gasteiger partial charge is 0.124 e. The Morgan fingerprint density at radius 3 is 1.19 bits per heavy atom. The van der Waals surface area contributed by atoms with Crippen molar-refractivity contribution >= 4 is 77.2 Å². The quantitative estimate of drug-likeness (QED) is 0.144. The van der Waals surface area contributed by atoms with Crippen molar-refractivity contribution in [3.05, 3.63) is 228 Å². The second kappa shape index (κ2) is 16.8. The van der Waals surface area contributed by atoms with Crippen LogP contribution in [0.15, 0.2) is 194 Å². The summed E-state index contributed by atoms with van der Waals surface area (Å²) in [6.07, 6.45) is 0. The van der Waals surface area contributed by atoms with Gasteiger partial charge in [-0.05, 0) is 211 Å². The van der Waals surface area contributed by atoms with Crippen molar-refractivity contribution in [1.29, 1.82) is 0 Å². The van der Waals surface area contributed by atoms with Gasteiger partial charge >= 0.3 is 0 Å². The van der Waals surface area contributed by atoms with Crippen LogP contribution in [-0.4, -0.2) is 9.97 Å². The van der Waals surface area contributed by atoms with Crippen LogP contribution < -0.4 is 9.80 Å². The first-order chi connectivity index (χ1) is 33.5. The monoisotopic (exact) mass is 926 g/mol. The standard InChI is InChI=1S/C63H50N4S2/c1-39-31-40(2)34-51(33-39)66(48-24-17-44(18-25-48)61-64-57-11-7-9-13-59(57)68-61)47-22-15-43(16-23-47)46-21-29-53-54-30-28-50(38-56(54)63(5,6)55(53)37-46)67(52-35-41(3)32-42(4)36-52)49-26-19-45(20-27-49)62-65-58-12-8-10-14-60(58)69-62/h7-38H,1-6H3. The average Bonchev–Trinajstić information content (AvgIpc) is 4.05. The first kappa shape index (κ1) is 42.7. The Balaban J connectivity index is 0.863. The molecule has 0 atom stereocenters. The molecule has 0 fully saturated rings. The summed E-state index contributed by atoms with van der Waals surface area (Å²) in [7, 11) is 0. The fourth-order valence-electron chi connectivity index (χ4n) is 10.4. The van der Waals surface area contributed by atoms with Crippen LogP contribution in [0.2, 0.25) is 0 Å². The minimum absolute atomic E-state index is 0.223. The third-order valence-electron chi connectivity index (χ3n) is 13.6. The van der Waals surface area contributed by atoms with E-state index in [0.29, 0.717) is 0 Å². The van der Waals surface area contributed by atoms with Crippen molar-refractivity contribution in [2.24, 2.45) is 0 Å². The second-order valence-corrected chi connectivity index (χ2v) is 21.2. The number of hydrogen-bond acceptors (Lipinski definition) is 6. The highest BCUT2D eigenvalue weighted by Gasteiger charge is 2.36. The summed E-state index contributed by atoms with van der Waals surface area (Å²) in [6.45, 7) is 13.5. The summed E-state index contributed by atoms with van der Waals surface area (Å²) in [5.41, 5.74) is 23.5. The Morgan fingerprint density at radius 1 is 0.348 bits per heavy atom. The molecule has 6 heteroatoms. The van der Waals surface area contributed by atoms with Gasteiger partial charge in [0.15, 0.2) is 0 Å². The first-order valence-electron chi connectivity index (χ1n) is 23.6. The van der Waals surface area contributed by atoms with E-state index in [-0.39, 0.29) is 5.41 Å². The van der Waals surface area contributed by atoms with E-state index < -0.39 is 0 Å². The topological polar surface area (TPSA) is 32.3 Å². The van der Waals surface area contributed by atoms with Gasteiger partial charge in [0.25, 0.3) is 0 Å². The van der Waals surface area contributed by atoms with Gasteiger partial charge in [-0.2, -0.15) is 0 Å². The van der Waals surface area contributed by atoms with Gasteiger partial charge in [-0.1, -0.05) is 80.6 Å². The number of nitrogens with zero attached hydrogens (tertiary/aromatic N) is 4. The number of benzene rings is 9. The van der Waals surface area contributed by atoms with E-state index in [2.05, 4.69) is 245 Å². The molecule has 1 aliphatic carbocycles. The van der Waals surface area contributed by atoms with Gasteiger partial charge in [0.2, 0.25) is 0 Å². The van der Waals surface area contributed by atoms with Crippen molar-refractivity contribution in [3.63, 3.8) is 0 Å². The van der Waals surface area contributed by atoms with Crippen LogP contribution in [0.3, 0.4) is 0 Å². The molecular weight excluding hydrogens is 877 g/mol. The highest BCUT2D eigenvalue weighted by atomic mass is 32.1. The normalized spacial score (nSPS) is 12.6.